The van der Waals surface area contributed by atoms with Crippen LogP contribution in [0.5, 0.6) is 0 Å². The van der Waals surface area contributed by atoms with Gasteiger partial charge in [0.1, 0.15) is 5.82 Å². The number of hydrogen-bond acceptors (Lipinski definition) is 5. The van der Waals surface area contributed by atoms with Crippen molar-refractivity contribution in [2.45, 2.75) is 100 Å². The second-order valence-corrected chi connectivity index (χ2v) is 16.9. The summed E-state index contributed by atoms with van der Waals surface area (Å²) in [4.78, 5) is 23.5. The largest absolute Gasteiger partial charge is 0.339 e. The van der Waals surface area contributed by atoms with Crippen molar-refractivity contribution in [2.24, 2.45) is 0 Å². The van der Waals surface area contributed by atoms with E-state index in [1.807, 2.05) is 4.90 Å². The summed E-state index contributed by atoms with van der Waals surface area (Å²) in [5.74, 6) is 0.999. The van der Waals surface area contributed by atoms with Crippen molar-refractivity contribution in [3.05, 3.63) is 94.2 Å². The topological polar surface area (TPSA) is 87.5 Å². The summed E-state index contributed by atoms with van der Waals surface area (Å²) < 4.78 is 31.5. The molecular weight excluding hydrogens is 686 g/mol. The Morgan fingerprint density at radius 2 is 1.62 bits per heavy atom. The molecule has 3 atom stereocenters. The zero-order valence-corrected chi connectivity index (χ0v) is 30.5. The van der Waals surface area contributed by atoms with E-state index in [0.29, 0.717) is 41.3 Å². The number of carbonyl (C=O) groups excluding carboxylic acids is 1. The molecule has 3 fully saturated rings. The van der Waals surface area contributed by atoms with E-state index in [0.717, 1.165) is 50.0 Å². The van der Waals surface area contributed by atoms with Gasteiger partial charge in [-0.1, -0.05) is 42.5 Å². The molecule has 3 aromatic carbocycles. The standard InChI is InChI=1S/C38H46BrN5O3S/c1-26(2)41-48(46,47)36-23-28(13-16-33(36)39)37(45)42-20-17-38(18-21-42,29-9-5-4-6-10-29)19-22-43-30-14-15-31(43)25-32(24-30)44-27(3)40-34-11-7-8-12-35(34)44/h4-13,16,23,26,30-32,41H,14-15,17-22,24-25H2,1-3H3/t30-,31+,32+. The van der Waals surface area contributed by atoms with Gasteiger partial charge in [0, 0.05) is 47.3 Å². The highest BCUT2D eigenvalue weighted by Gasteiger charge is 2.44. The predicted molar refractivity (Wildman–Crippen MR) is 194 cm³/mol. The molecule has 7 rings (SSSR count). The third kappa shape index (κ3) is 6.37. The van der Waals surface area contributed by atoms with E-state index >= 15 is 0 Å². The third-order valence-corrected chi connectivity index (χ3v) is 13.8. The minimum absolute atomic E-state index is 0.0130. The van der Waals surface area contributed by atoms with Crippen LogP contribution in [0.25, 0.3) is 11.0 Å². The van der Waals surface area contributed by atoms with E-state index in [2.05, 4.69) is 91.6 Å². The lowest BCUT2D eigenvalue weighted by Gasteiger charge is -2.45. The van der Waals surface area contributed by atoms with Gasteiger partial charge in [-0.2, -0.15) is 0 Å². The molecule has 0 radical (unpaired) electrons. The molecule has 1 N–H and O–H groups in total. The Kier molecular flexibility index (Phi) is 9.30. The van der Waals surface area contributed by atoms with E-state index in [1.54, 1.807) is 26.0 Å². The molecule has 1 amide bonds. The molecule has 0 unspecified atom stereocenters. The molecule has 3 aliphatic heterocycles. The number of nitrogens with one attached hydrogen (secondary N) is 1. The Hall–Kier alpha value is -3.05. The third-order valence-electron chi connectivity index (χ3n) is 11.1. The molecule has 0 saturated carbocycles. The van der Waals surface area contributed by atoms with Crippen molar-refractivity contribution in [2.75, 3.05) is 19.6 Å². The number of likely N-dealkylation sites (tertiary alicyclic amines) is 1. The van der Waals surface area contributed by atoms with E-state index in [4.69, 9.17) is 4.98 Å². The number of sulfonamides is 1. The quantitative estimate of drug-likeness (QED) is 0.196. The molecule has 0 spiro atoms. The van der Waals surface area contributed by atoms with Crippen LogP contribution in [0.2, 0.25) is 0 Å². The molecule has 3 saturated heterocycles. The average Bonchev–Trinajstić information content (AvgIpc) is 3.53. The van der Waals surface area contributed by atoms with Gasteiger partial charge in [0.05, 0.1) is 15.9 Å². The van der Waals surface area contributed by atoms with E-state index in [1.165, 1.54) is 30.0 Å². The van der Waals surface area contributed by atoms with Crippen LogP contribution < -0.4 is 4.72 Å². The summed E-state index contributed by atoms with van der Waals surface area (Å²) in [6.07, 6.45) is 7.66. The summed E-state index contributed by atoms with van der Waals surface area (Å²) >= 11 is 3.38. The van der Waals surface area contributed by atoms with Gasteiger partial charge >= 0.3 is 0 Å². The van der Waals surface area contributed by atoms with Crippen molar-refractivity contribution in [1.29, 1.82) is 0 Å². The van der Waals surface area contributed by atoms with E-state index < -0.39 is 10.0 Å². The van der Waals surface area contributed by atoms with Gasteiger partial charge in [-0.25, -0.2) is 18.1 Å². The zero-order chi connectivity index (χ0) is 33.6. The van der Waals surface area contributed by atoms with Crippen molar-refractivity contribution >= 4 is 42.9 Å². The molecule has 4 aromatic rings. The summed E-state index contributed by atoms with van der Waals surface area (Å²) in [7, 11) is -3.76. The van der Waals surface area contributed by atoms with Gasteiger partial charge in [0.15, 0.2) is 0 Å². The number of fused-ring (bicyclic) bond motifs is 3. The minimum atomic E-state index is -3.76. The molecule has 3 aliphatic rings. The van der Waals surface area contributed by atoms with Gasteiger partial charge in [-0.05, 0) is 130 Å². The Balaban J connectivity index is 1.06. The maximum Gasteiger partial charge on any atom is 0.253 e. The average molecular weight is 733 g/mol. The summed E-state index contributed by atoms with van der Waals surface area (Å²) in [6, 6.07) is 25.7. The van der Waals surface area contributed by atoms with Crippen LogP contribution in [0.15, 0.2) is 82.2 Å². The van der Waals surface area contributed by atoms with E-state index in [9.17, 15) is 13.2 Å². The number of benzene rings is 3. The molecule has 4 heterocycles. The fraction of sp³-hybridized carbons (Fsp3) is 0.474. The van der Waals surface area contributed by atoms with Crippen molar-refractivity contribution < 1.29 is 13.2 Å². The highest BCUT2D eigenvalue weighted by Crippen LogP contribution is 2.45. The highest BCUT2D eigenvalue weighted by atomic mass is 79.9. The monoisotopic (exact) mass is 731 g/mol. The fourth-order valence-corrected chi connectivity index (χ4v) is 11.0. The second kappa shape index (κ2) is 13.3. The fourth-order valence-electron chi connectivity index (χ4n) is 8.80. The number of aromatic nitrogens is 2. The number of carbonyl (C=O) groups is 1. The van der Waals surface area contributed by atoms with Crippen molar-refractivity contribution in [1.82, 2.24) is 24.1 Å². The van der Waals surface area contributed by atoms with Crippen LogP contribution in [-0.2, 0) is 15.4 Å². The number of para-hydroxylation sites is 2. The number of amides is 1. The van der Waals surface area contributed by atoms with Crippen molar-refractivity contribution in [3.63, 3.8) is 0 Å². The van der Waals surface area contributed by atoms with Crippen LogP contribution in [0, 0.1) is 6.92 Å². The van der Waals surface area contributed by atoms with E-state index in [-0.39, 0.29) is 22.3 Å². The number of nitrogens with zero attached hydrogens (tertiary/aromatic N) is 4. The SMILES string of the molecule is Cc1nc2ccccc2n1[C@H]1C[C@H]2CC[C@@H](C1)N2CCC1(c2ccccc2)CCN(C(=O)c2ccc(Br)c(S(=O)(=O)NC(C)C)c2)CC1. The van der Waals surface area contributed by atoms with Gasteiger partial charge in [-0.15, -0.1) is 0 Å². The second-order valence-electron chi connectivity index (χ2n) is 14.4. The molecule has 0 aliphatic carbocycles. The van der Waals surface area contributed by atoms with Crippen LogP contribution in [0.1, 0.15) is 86.6 Å². The van der Waals surface area contributed by atoms with Crippen LogP contribution >= 0.6 is 15.9 Å². The lowest BCUT2D eigenvalue weighted by molar-refractivity contribution is 0.0606. The van der Waals surface area contributed by atoms with Crippen molar-refractivity contribution in [3.8, 4) is 0 Å². The zero-order valence-electron chi connectivity index (χ0n) is 28.1. The summed E-state index contributed by atoms with van der Waals surface area (Å²) in [5.41, 5.74) is 4.09. The maximum atomic E-state index is 13.8. The van der Waals surface area contributed by atoms with Crippen LogP contribution in [0.4, 0.5) is 0 Å². The number of hydrogen-bond donors (Lipinski definition) is 1. The first-order valence-corrected chi connectivity index (χ1v) is 19.7. The number of halogens is 1. The maximum absolute atomic E-state index is 13.8. The molecule has 254 valence electrons. The van der Waals surface area contributed by atoms with Gasteiger partial charge in [-0.3, -0.25) is 9.69 Å². The van der Waals surface area contributed by atoms with Gasteiger partial charge < -0.3 is 9.47 Å². The lowest BCUT2D eigenvalue weighted by atomic mass is 9.70. The minimum Gasteiger partial charge on any atom is -0.339 e. The first kappa shape index (κ1) is 33.4. The number of rotatable bonds is 9. The lowest BCUT2D eigenvalue weighted by Crippen LogP contribution is -2.49. The first-order chi connectivity index (χ1) is 23.0. The van der Waals surface area contributed by atoms with Crippen LogP contribution in [0.3, 0.4) is 0 Å². The molecule has 1 aromatic heterocycles. The van der Waals surface area contributed by atoms with Crippen LogP contribution in [-0.4, -0.2) is 71.4 Å². The predicted octanol–water partition coefficient (Wildman–Crippen LogP) is 7.23. The summed E-state index contributed by atoms with van der Waals surface area (Å²) in [6.45, 7) is 8.05. The Labute approximate surface area is 293 Å². The summed E-state index contributed by atoms with van der Waals surface area (Å²) in [5, 5.41) is 0. The number of imidazole rings is 1. The Morgan fingerprint density at radius 3 is 2.31 bits per heavy atom. The number of piperidine rings is 2. The molecule has 10 heteroatoms. The smallest absolute Gasteiger partial charge is 0.253 e. The molecule has 2 bridgehead atoms. The number of aryl methyl sites for hydroxylation is 1. The normalized spacial score (nSPS) is 22.9. The molecule has 8 nitrogen and oxygen atoms in total. The first-order valence-electron chi connectivity index (χ1n) is 17.4. The Morgan fingerprint density at radius 1 is 0.958 bits per heavy atom. The molecule has 48 heavy (non-hydrogen) atoms. The highest BCUT2D eigenvalue weighted by molar-refractivity contribution is 9.10. The van der Waals surface area contributed by atoms with Gasteiger partial charge in [0.2, 0.25) is 10.0 Å². The molecular formula is C38H46BrN5O3S. The van der Waals surface area contributed by atoms with Gasteiger partial charge in [0.25, 0.3) is 5.91 Å². The Bertz CT molecular complexity index is 1890.